The molecule has 0 aromatic heterocycles. The summed E-state index contributed by atoms with van der Waals surface area (Å²) in [5, 5.41) is 2.86. The lowest BCUT2D eigenvalue weighted by Crippen LogP contribution is -2.05. The molecule has 1 aromatic rings. The smallest absolute Gasteiger partial charge is 0.167 e. The van der Waals surface area contributed by atoms with E-state index in [1.54, 1.807) is 19.2 Å². The molecule has 78 valence electrons. The van der Waals surface area contributed by atoms with Crippen LogP contribution in [0.25, 0.3) is 0 Å². The van der Waals surface area contributed by atoms with Crippen LogP contribution in [0.3, 0.4) is 0 Å². The summed E-state index contributed by atoms with van der Waals surface area (Å²) in [6.45, 7) is 4.59. The van der Waals surface area contributed by atoms with Gasteiger partial charge in [-0.3, -0.25) is 0 Å². The van der Waals surface area contributed by atoms with Gasteiger partial charge in [0.25, 0.3) is 0 Å². The van der Waals surface area contributed by atoms with Crippen molar-refractivity contribution < 1.29 is 9.13 Å². The van der Waals surface area contributed by atoms with Crippen LogP contribution >= 0.6 is 0 Å². The first-order chi connectivity index (χ1) is 6.63. The Labute approximate surface area is 84.1 Å². The highest BCUT2D eigenvalue weighted by Crippen LogP contribution is 2.21. The summed E-state index contributed by atoms with van der Waals surface area (Å²) >= 11 is 0. The monoisotopic (exact) mass is 197 g/mol. The molecule has 0 aliphatic heterocycles. The molecule has 0 atom stereocenters. The molecular formula is C11H16FNO. The van der Waals surface area contributed by atoms with Gasteiger partial charge in [-0.15, -0.1) is 0 Å². The predicted octanol–water partition coefficient (Wildman–Crippen LogP) is 2.90. The van der Waals surface area contributed by atoms with Crippen LogP contribution in [0.1, 0.15) is 13.8 Å². The van der Waals surface area contributed by atoms with Crippen LogP contribution in [0, 0.1) is 11.7 Å². The second kappa shape index (κ2) is 4.84. The highest BCUT2D eigenvalue weighted by molar-refractivity contribution is 5.46. The summed E-state index contributed by atoms with van der Waals surface area (Å²) in [4.78, 5) is 0. The summed E-state index contributed by atoms with van der Waals surface area (Å²) in [6, 6.07) is 4.86. The number of nitrogens with one attached hydrogen (secondary N) is 1. The van der Waals surface area contributed by atoms with Gasteiger partial charge in [-0.2, -0.15) is 0 Å². The van der Waals surface area contributed by atoms with Gasteiger partial charge in [-0.05, 0) is 18.1 Å². The fourth-order valence-corrected chi connectivity index (χ4v) is 1.03. The molecule has 1 N–H and O–H groups in total. The standard InChI is InChI=1S/C11H16FNO/c1-8(2)7-14-11-5-4-9(13-3)6-10(11)12/h4-6,8,13H,7H2,1-3H3. The van der Waals surface area contributed by atoms with Crippen molar-refractivity contribution in [3.63, 3.8) is 0 Å². The third kappa shape index (κ3) is 2.91. The Morgan fingerprint density at radius 1 is 1.43 bits per heavy atom. The van der Waals surface area contributed by atoms with Crippen LogP contribution in [-0.4, -0.2) is 13.7 Å². The molecular weight excluding hydrogens is 181 g/mol. The van der Waals surface area contributed by atoms with Gasteiger partial charge in [0.15, 0.2) is 11.6 Å². The van der Waals surface area contributed by atoms with E-state index < -0.39 is 0 Å². The van der Waals surface area contributed by atoms with Crippen molar-refractivity contribution in [2.24, 2.45) is 5.92 Å². The van der Waals surface area contributed by atoms with Gasteiger partial charge in [-0.1, -0.05) is 13.8 Å². The third-order valence-corrected chi connectivity index (χ3v) is 1.79. The van der Waals surface area contributed by atoms with Crippen molar-refractivity contribution in [1.29, 1.82) is 0 Å². The van der Waals surface area contributed by atoms with E-state index in [2.05, 4.69) is 5.32 Å². The molecule has 0 amide bonds. The topological polar surface area (TPSA) is 21.3 Å². The minimum absolute atomic E-state index is 0.317. The molecule has 0 aliphatic carbocycles. The van der Waals surface area contributed by atoms with Crippen LogP contribution in [0.2, 0.25) is 0 Å². The number of rotatable bonds is 4. The highest BCUT2D eigenvalue weighted by Gasteiger charge is 2.04. The zero-order valence-corrected chi connectivity index (χ0v) is 8.80. The Balaban J connectivity index is 2.69. The van der Waals surface area contributed by atoms with Gasteiger partial charge in [0, 0.05) is 18.8 Å². The van der Waals surface area contributed by atoms with Gasteiger partial charge in [0.1, 0.15) is 0 Å². The van der Waals surface area contributed by atoms with E-state index in [4.69, 9.17) is 4.74 Å². The minimum Gasteiger partial charge on any atom is -0.490 e. The van der Waals surface area contributed by atoms with E-state index in [1.165, 1.54) is 6.07 Å². The number of hydrogen-bond donors (Lipinski definition) is 1. The van der Waals surface area contributed by atoms with E-state index in [-0.39, 0.29) is 5.82 Å². The summed E-state index contributed by atoms with van der Waals surface area (Å²) in [5.74, 6) is 0.397. The third-order valence-electron chi connectivity index (χ3n) is 1.79. The van der Waals surface area contributed by atoms with Crippen molar-refractivity contribution in [2.45, 2.75) is 13.8 Å². The van der Waals surface area contributed by atoms with E-state index >= 15 is 0 Å². The summed E-state index contributed by atoms with van der Waals surface area (Å²) < 4.78 is 18.6. The molecule has 0 heterocycles. The molecule has 2 nitrogen and oxygen atoms in total. The fourth-order valence-electron chi connectivity index (χ4n) is 1.03. The first-order valence-electron chi connectivity index (χ1n) is 4.73. The van der Waals surface area contributed by atoms with Crippen LogP contribution in [0.4, 0.5) is 10.1 Å². The number of benzene rings is 1. The molecule has 0 unspecified atom stereocenters. The Bertz CT molecular complexity index is 299. The molecule has 1 aromatic carbocycles. The number of hydrogen-bond acceptors (Lipinski definition) is 2. The van der Waals surface area contributed by atoms with Crippen LogP contribution < -0.4 is 10.1 Å². The van der Waals surface area contributed by atoms with E-state index in [0.717, 1.165) is 5.69 Å². The number of anilines is 1. The Morgan fingerprint density at radius 2 is 2.14 bits per heavy atom. The molecule has 0 fully saturated rings. The maximum atomic E-state index is 13.3. The molecule has 1 rings (SSSR count). The quantitative estimate of drug-likeness (QED) is 0.801. The molecule has 14 heavy (non-hydrogen) atoms. The van der Waals surface area contributed by atoms with Gasteiger partial charge in [0.05, 0.1) is 6.61 Å². The van der Waals surface area contributed by atoms with Crippen molar-refractivity contribution in [2.75, 3.05) is 19.0 Å². The van der Waals surface area contributed by atoms with Crippen LogP contribution in [0.15, 0.2) is 18.2 Å². The van der Waals surface area contributed by atoms with Gasteiger partial charge in [0.2, 0.25) is 0 Å². The lowest BCUT2D eigenvalue weighted by molar-refractivity contribution is 0.259. The zero-order chi connectivity index (χ0) is 10.6. The van der Waals surface area contributed by atoms with Gasteiger partial charge >= 0.3 is 0 Å². The number of halogens is 1. The molecule has 0 saturated carbocycles. The van der Waals surface area contributed by atoms with Crippen molar-refractivity contribution in [3.05, 3.63) is 24.0 Å². The lowest BCUT2D eigenvalue weighted by Gasteiger charge is -2.10. The molecule has 0 spiro atoms. The molecule has 0 saturated heterocycles. The van der Waals surface area contributed by atoms with Crippen LogP contribution in [-0.2, 0) is 0 Å². The fraction of sp³-hybridized carbons (Fsp3) is 0.455. The Morgan fingerprint density at radius 3 is 2.64 bits per heavy atom. The van der Waals surface area contributed by atoms with E-state index in [9.17, 15) is 4.39 Å². The average Bonchev–Trinajstić information content (AvgIpc) is 2.15. The average molecular weight is 197 g/mol. The Hall–Kier alpha value is -1.25. The van der Waals surface area contributed by atoms with Gasteiger partial charge in [-0.25, -0.2) is 4.39 Å². The predicted molar refractivity (Wildman–Crippen MR) is 56.3 cm³/mol. The summed E-state index contributed by atoms with van der Waals surface area (Å²) in [5.41, 5.74) is 0.749. The molecule has 0 radical (unpaired) electrons. The lowest BCUT2D eigenvalue weighted by atomic mass is 10.2. The molecule has 3 heteroatoms. The second-order valence-corrected chi connectivity index (χ2v) is 3.60. The maximum Gasteiger partial charge on any atom is 0.167 e. The van der Waals surface area contributed by atoms with Gasteiger partial charge < -0.3 is 10.1 Å². The SMILES string of the molecule is CNc1ccc(OCC(C)C)c(F)c1. The second-order valence-electron chi connectivity index (χ2n) is 3.60. The first-order valence-corrected chi connectivity index (χ1v) is 4.73. The zero-order valence-electron chi connectivity index (χ0n) is 8.80. The summed E-state index contributed by atoms with van der Waals surface area (Å²) in [7, 11) is 1.75. The Kier molecular flexibility index (Phi) is 3.74. The summed E-state index contributed by atoms with van der Waals surface area (Å²) in [6.07, 6.45) is 0. The minimum atomic E-state index is -0.322. The molecule has 0 bridgehead atoms. The highest BCUT2D eigenvalue weighted by atomic mass is 19.1. The molecule has 0 aliphatic rings. The van der Waals surface area contributed by atoms with E-state index in [0.29, 0.717) is 18.3 Å². The van der Waals surface area contributed by atoms with Crippen LogP contribution in [0.5, 0.6) is 5.75 Å². The number of ether oxygens (including phenoxy) is 1. The maximum absolute atomic E-state index is 13.3. The first kappa shape index (κ1) is 10.8. The van der Waals surface area contributed by atoms with Crippen molar-refractivity contribution >= 4 is 5.69 Å². The van der Waals surface area contributed by atoms with Crippen molar-refractivity contribution in [1.82, 2.24) is 0 Å². The van der Waals surface area contributed by atoms with Crippen molar-refractivity contribution in [3.8, 4) is 5.75 Å². The normalized spacial score (nSPS) is 10.4. The largest absolute Gasteiger partial charge is 0.490 e. The van der Waals surface area contributed by atoms with E-state index in [1.807, 2.05) is 13.8 Å².